The van der Waals surface area contributed by atoms with Gasteiger partial charge in [-0.2, -0.15) is 0 Å². The largest absolute Gasteiger partial charge is 0.371 e. The number of benzene rings is 1. The van der Waals surface area contributed by atoms with Crippen LogP contribution in [0.5, 0.6) is 0 Å². The minimum Gasteiger partial charge on any atom is -0.371 e. The van der Waals surface area contributed by atoms with Crippen LogP contribution in [0.4, 0.5) is 5.69 Å². The van der Waals surface area contributed by atoms with E-state index in [4.69, 9.17) is 11.6 Å². The summed E-state index contributed by atoms with van der Waals surface area (Å²) in [6.07, 6.45) is 8.27. The molecule has 5 heteroatoms. The van der Waals surface area contributed by atoms with Crippen LogP contribution in [0, 0.1) is 35.0 Å². The van der Waals surface area contributed by atoms with E-state index in [1.165, 1.54) is 38.5 Å². The summed E-state index contributed by atoms with van der Waals surface area (Å²) < 4.78 is 0. The molecule has 6 aliphatic rings. The average Bonchev–Trinajstić information content (AvgIpc) is 3.28. The molecule has 1 aromatic carbocycles. The second-order valence-electron chi connectivity index (χ2n) is 10.8. The van der Waals surface area contributed by atoms with E-state index in [1.54, 1.807) is 0 Å². The minimum absolute atomic E-state index is 0.00801. The van der Waals surface area contributed by atoms with Crippen LogP contribution in [0.15, 0.2) is 18.2 Å². The molecule has 2 N–H and O–H groups in total. The number of anilines is 1. The van der Waals surface area contributed by atoms with Crippen LogP contribution in [0.25, 0.3) is 0 Å². The van der Waals surface area contributed by atoms with Crippen LogP contribution >= 0.6 is 11.6 Å². The van der Waals surface area contributed by atoms with Gasteiger partial charge in [0.2, 0.25) is 0 Å². The number of hydrogen-bond acceptors (Lipinski definition) is 3. The fraction of sp³-hybridized carbons (Fsp3) is 0.708. The molecule has 4 saturated carbocycles. The number of amides is 1. The maximum absolute atomic E-state index is 13.1. The van der Waals surface area contributed by atoms with Gasteiger partial charge in [-0.1, -0.05) is 11.6 Å². The first-order valence-corrected chi connectivity index (χ1v) is 12.0. The van der Waals surface area contributed by atoms with Gasteiger partial charge in [-0.25, -0.2) is 0 Å². The highest BCUT2D eigenvalue weighted by atomic mass is 35.5. The summed E-state index contributed by atoms with van der Waals surface area (Å²) in [5.41, 5.74) is 2.14. The minimum atomic E-state index is 0.00801. The Kier molecular flexibility index (Phi) is 4.39. The van der Waals surface area contributed by atoms with Gasteiger partial charge in [0.05, 0.1) is 10.6 Å². The van der Waals surface area contributed by atoms with Gasteiger partial charge < -0.3 is 15.5 Å². The molecule has 0 spiro atoms. The van der Waals surface area contributed by atoms with Crippen LogP contribution in [0.2, 0.25) is 5.02 Å². The zero-order valence-corrected chi connectivity index (χ0v) is 17.9. The molecule has 0 aromatic heterocycles. The maximum Gasteiger partial charge on any atom is 0.252 e. The summed E-state index contributed by atoms with van der Waals surface area (Å²) in [7, 11) is 0. The van der Waals surface area contributed by atoms with Crippen LogP contribution in [-0.4, -0.2) is 38.6 Å². The number of halogens is 1. The monoisotopic (exact) mass is 413 g/mol. The number of carbonyl (C=O) groups excluding carboxylic acids is 1. The number of nitrogens with zero attached hydrogens (tertiary/aromatic N) is 1. The third-order valence-electron chi connectivity index (χ3n) is 8.74. The van der Waals surface area contributed by atoms with E-state index in [1.807, 2.05) is 12.1 Å². The van der Waals surface area contributed by atoms with E-state index in [9.17, 15) is 4.79 Å². The smallest absolute Gasteiger partial charge is 0.252 e. The quantitative estimate of drug-likeness (QED) is 0.785. The topological polar surface area (TPSA) is 44.4 Å². The van der Waals surface area contributed by atoms with Crippen molar-refractivity contribution >= 4 is 23.2 Å². The Hall–Kier alpha value is -1.26. The molecule has 6 fully saturated rings. The number of nitrogens with one attached hydrogen (secondary N) is 2. The van der Waals surface area contributed by atoms with Crippen molar-refractivity contribution in [3.8, 4) is 0 Å². The lowest BCUT2D eigenvalue weighted by Gasteiger charge is -2.56. The van der Waals surface area contributed by atoms with Crippen molar-refractivity contribution in [2.24, 2.45) is 35.0 Å². The fourth-order valence-electron chi connectivity index (χ4n) is 7.82. The SMILES string of the molecule is O=C(NCC12CC3CC(CC(C3)C1)C2)c1cc(N2CC3CNCC3C2)ccc1Cl. The van der Waals surface area contributed by atoms with Gasteiger partial charge in [0.25, 0.3) is 5.91 Å². The highest BCUT2D eigenvalue weighted by molar-refractivity contribution is 6.34. The number of carbonyl (C=O) groups is 1. The predicted octanol–water partition coefficient (Wildman–Crippen LogP) is 3.94. The van der Waals surface area contributed by atoms with E-state index in [-0.39, 0.29) is 5.91 Å². The van der Waals surface area contributed by atoms with Crippen LogP contribution < -0.4 is 15.5 Å². The highest BCUT2D eigenvalue weighted by Gasteiger charge is 2.50. The number of hydrogen-bond donors (Lipinski definition) is 2. The molecule has 4 bridgehead atoms. The Bertz CT molecular complexity index is 777. The molecule has 4 aliphatic carbocycles. The summed E-state index contributed by atoms with van der Waals surface area (Å²) in [4.78, 5) is 15.5. The number of rotatable bonds is 4. The highest BCUT2D eigenvalue weighted by Crippen LogP contribution is 2.59. The summed E-state index contributed by atoms with van der Waals surface area (Å²) in [5.74, 6) is 4.21. The zero-order chi connectivity index (χ0) is 19.6. The standard InChI is InChI=1S/C24H32ClN3O/c25-22-2-1-20(28-12-18-10-26-11-19(18)13-28)6-21(22)23(29)27-14-24-7-15-3-16(8-24)5-17(4-15)9-24/h1-2,6,15-19,26H,3-5,7-14H2,(H,27,29). The summed E-state index contributed by atoms with van der Waals surface area (Å²) in [6, 6.07) is 6.00. The van der Waals surface area contributed by atoms with E-state index in [2.05, 4.69) is 21.6 Å². The molecule has 2 unspecified atom stereocenters. The Morgan fingerprint density at radius 2 is 1.69 bits per heavy atom. The Balaban J connectivity index is 1.15. The molecule has 29 heavy (non-hydrogen) atoms. The summed E-state index contributed by atoms with van der Waals surface area (Å²) in [5, 5.41) is 7.36. The first-order valence-electron chi connectivity index (χ1n) is 11.6. The Morgan fingerprint density at radius 3 is 2.31 bits per heavy atom. The molecule has 0 radical (unpaired) electrons. The summed E-state index contributed by atoms with van der Waals surface area (Å²) >= 11 is 6.46. The van der Waals surface area contributed by atoms with Crippen molar-refractivity contribution in [3.05, 3.63) is 28.8 Å². The Morgan fingerprint density at radius 1 is 1.07 bits per heavy atom. The molecular formula is C24H32ClN3O. The van der Waals surface area contributed by atoms with Crippen LogP contribution in [0.3, 0.4) is 0 Å². The first kappa shape index (κ1) is 18.5. The molecule has 2 atom stereocenters. The van der Waals surface area contributed by atoms with Gasteiger partial charge >= 0.3 is 0 Å². The van der Waals surface area contributed by atoms with E-state index in [0.717, 1.165) is 68.0 Å². The van der Waals surface area contributed by atoms with Gasteiger partial charge in [-0.05, 0) is 91.7 Å². The maximum atomic E-state index is 13.1. The van der Waals surface area contributed by atoms with Crippen molar-refractivity contribution in [2.75, 3.05) is 37.6 Å². The predicted molar refractivity (Wildman–Crippen MR) is 116 cm³/mol. The Labute approximate surface area is 178 Å². The van der Waals surface area contributed by atoms with Crippen molar-refractivity contribution in [2.45, 2.75) is 38.5 Å². The first-order chi connectivity index (χ1) is 14.1. The lowest BCUT2D eigenvalue weighted by Crippen LogP contribution is -2.51. The van der Waals surface area contributed by atoms with Gasteiger partial charge in [0.1, 0.15) is 0 Å². The molecule has 1 aromatic rings. The second kappa shape index (κ2) is 6.88. The van der Waals surface area contributed by atoms with Crippen molar-refractivity contribution < 1.29 is 4.79 Å². The van der Waals surface area contributed by atoms with Crippen LogP contribution in [0.1, 0.15) is 48.9 Å². The van der Waals surface area contributed by atoms with Gasteiger partial charge in [0.15, 0.2) is 0 Å². The number of fused-ring (bicyclic) bond motifs is 1. The van der Waals surface area contributed by atoms with E-state index in [0.29, 0.717) is 16.0 Å². The van der Waals surface area contributed by atoms with Crippen molar-refractivity contribution in [1.29, 1.82) is 0 Å². The van der Waals surface area contributed by atoms with Crippen molar-refractivity contribution in [3.63, 3.8) is 0 Å². The normalized spacial score (nSPS) is 39.8. The second-order valence-corrected chi connectivity index (χ2v) is 11.3. The lowest BCUT2D eigenvalue weighted by molar-refractivity contribution is -0.0503. The molecule has 1 amide bonds. The zero-order valence-electron chi connectivity index (χ0n) is 17.1. The van der Waals surface area contributed by atoms with Gasteiger partial charge in [-0.15, -0.1) is 0 Å². The van der Waals surface area contributed by atoms with E-state index >= 15 is 0 Å². The molecular weight excluding hydrogens is 382 g/mol. The molecule has 7 rings (SSSR count). The van der Waals surface area contributed by atoms with Gasteiger partial charge in [-0.3, -0.25) is 4.79 Å². The molecule has 2 heterocycles. The molecule has 4 nitrogen and oxygen atoms in total. The lowest BCUT2D eigenvalue weighted by atomic mass is 9.49. The molecule has 2 aliphatic heterocycles. The third kappa shape index (κ3) is 3.27. The van der Waals surface area contributed by atoms with Gasteiger partial charge in [0, 0.05) is 38.4 Å². The average molecular weight is 414 g/mol. The molecule has 2 saturated heterocycles. The summed E-state index contributed by atoms with van der Waals surface area (Å²) in [6.45, 7) is 5.22. The van der Waals surface area contributed by atoms with Crippen molar-refractivity contribution in [1.82, 2.24) is 10.6 Å². The van der Waals surface area contributed by atoms with Crippen LogP contribution in [-0.2, 0) is 0 Å². The molecule has 156 valence electrons. The fourth-order valence-corrected chi connectivity index (χ4v) is 8.02. The van der Waals surface area contributed by atoms with E-state index < -0.39 is 0 Å². The third-order valence-corrected chi connectivity index (χ3v) is 9.07.